The molecule has 1 aliphatic carbocycles. The van der Waals surface area contributed by atoms with E-state index in [1.54, 1.807) is 41.8 Å². The maximum absolute atomic E-state index is 13.2. The Morgan fingerprint density at radius 1 is 1.12 bits per heavy atom. The fraction of sp³-hybridized carbons (Fsp3) is 0.440. The summed E-state index contributed by atoms with van der Waals surface area (Å²) in [5.74, 6) is -0.400. The molecular formula is C25H29N3O4. The minimum atomic E-state index is -0.466. The molecule has 0 saturated heterocycles. The van der Waals surface area contributed by atoms with Crippen molar-refractivity contribution in [3.05, 3.63) is 57.5 Å². The van der Waals surface area contributed by atoms with Gasteiger partial charge in [-0.25, -0.2) is 0 Å². The van der Waals surface area contributed by atoms with Crippen LogP contribution in [-0.2, 0) is 24.2 Å². The predicted molar refractivity (Wildman–Crippen MR) is 122 cm³/mol. The van der Waals surface area contributed by atoms with Crippen molar-refractivity contribution in [3.63, 3.8) is 0 Å². The van der Waals surface area contributed by atoms with Gasteiger partial charge in [0.2, 0.25) is 0 Å². The lowest BCUT2D eigenvalue weighted by molar-refractivity contribution is -0.134. The molecule has 0 fully saturated rings. The molecule has 0 spiro atoms. The van der Waals surface area contributed by atoms with Crippen molar-refractivity contribution in [2.75, 3.05) is 5.32 Å². The smallest absolute Gasteiger partial charge is 0.310 e. The van der Waals surface area contributed by atoms with Crippen LogP contribution >= 0.6 is 0 Å². The van der Waals surface area contributed by atoms with Gasteiger partial charge in [-0.15, -0.1) is 0 Å². The number of rotatable bonds is 7. The number of nitrogens with one attached hydrogen (secondary N) is 1. The molecule has 1 aromatic heterocycles. The van der Waals surface area contributed by atoms with Crippen LogP contribution in [0.15, 0.2) is 35.1 Å². The molecule has 0 bridgehead atoms. The maximum Gasteiger partial charge on any atom is 0.310 e. The lowest BCUT2D eigenvalue weighted by Crippen LogP contribution is -2.33. The summed E-state index contributed by atoms with van der Waals surface area (Å²) in [5.41, 5.74) is 2.36. The van der Waals surface area contributed by atoms with Crippen LogP contribution in [0.1, 0.15) is 73.5 Å². The van der Waals surface area contributed by atoms with Crippen molar-refractivity contribution in [2.45, 2.75) is 71.3 Å². The van der Waals surface area contributed by atoms with E-state index in [1.807, 2.05) is 0 Å². The van der Waals surface area contributed by atoms with Crippen LogP contribution in [0.2, 0.25) is 0 Å². The molecule has 0 aliphatic heterocycles. The van der Waals surface area contributed by atoms with Crippen molar-refractivity contribution in [2.24, 2.45) is 0 Å². The fourth-order valence-corrected chi connectivity index (χ4v) is 3.96. The van der Waals surface area contributed by atoms with E-state index in [0.717, 1.165) is 49.8 Å². The molecule has 168 valence electrons. The third-order valence-corrected chi connectivity index (χ3v) is 5.65. The average molecular weight is 436 g/mol. The van der Waals surface area contributed by atoms with Crippen LogP contribution in [0.5, 0.6) is 5.75 Å². The molecule has 0 radical (unpaired) electrons. The van der Waals surface area contributed by atoms with Gasteiger partial charge in [0, 0.05) is 30.8 Å². The highest BCUT2D eigenvalue weighted by atomic mass is 16.5. The number of hydrogen-bond donors (Lipinski definition) is 1. The normalized spacial score (nSPS) is 13.2. The second-order valence-electron chi connectivity index (χ2n) is 7.97. The first-order valence-corrected chi connectivity index (χ1v) is 11.3. The van der Waals surface area contributed by atoms with Gasteiger partial charge in [0.15, 0.2) is 0 Å². The van der Waals surface area contributed by atoms with E-state index in [1.165, 1.54) is 0 Å². The summed E-state index contributed by atoms with van der Waals surface area (Å²) < 4.78 is 6.85. The number of anilines is 1. The lowest BCUT2D eigenvalue weighted by Gasteiger charge is -2.21. The summed E-state index contributed by atoms with van der Waals surface area (Å²) in [5, 5.41) is 11.7. The van der Waals surface area contributed by atoms with E-state index >= 15 is 0 Å². The Morgan fingerprint density at radius 2 is 1.84 bits per heavy atom. The number of unbranched alkanes of at least 4 members (excludes halogenated alkanes) is 1. The largest absolute Gasteiger partial charge is 0.427 e. The molecule has 1 aliphatic rings. The van der Waals surface area contributed by atoms with Crippen LogP contribution in [0.3, 0.4) is 0 Å². The zero-order chi connectivity index (χ0) is 22.9. The molecule has 1 amide bonds. The molecule has 32 heavy (non-hydrogen) atoms. The summed E-state index contributed by atoms with van der Waals surface area (Å²) in [4.78, 5) is 37.6. The molecule has 0 atom stereocenters. The number of ether oxygens (including phenoxy) is 1. The monoisotopic (exact) mass is 435 g/mol. The van der Waals surface area contributed by atoms with Gasteiger partial charge in [0.05, 0.1) is 6.07 Å². The van der Waals surface area contributed by atoms with Gasteiger partial charge in [-0.2, -0.15) is 5.26 Å². The molecule has 7 heteroatoms. The van der Waals surface area contributed by atoms with E-state index in [9.17, 15) is 14.4 Å². The van der Waals surface area contributed by atoms with E-state index in [2.05, 4.69) is 11.4 Å². The summed E-state index contributed by atoms with van der Waals surface area (Å²) in [6, 6.07) is 10.3. The van der Waals surface area contributed by atoms with Gasteiger partial charge < -0.3 is 14.6 Å². The molecule has 0 saturated carbocycles. The Balaban J connectivity index is 1.87. The Kier molecular flexibility index (Phi) is 8.20. The van der Waals surface area contributed by atoms with Crippen molar-refractivity contribution >= 4 is 17.6 Å². The highest BCUT2D eigenvalue weighted by Gasteiger charge is 2.20. The van der Waals surface area contributed by atoms with Crippen molar-refractivity contribution in [1.29, 1.82) is 5.26 Å². The minimum absolute atomic E-state index is 0.114. The molecule has 1 heterocycles. The number of nitriles is 1. The number of amides is 1. The van der Waals surface area contributed by atoms with Gasteiger partial charge in [-0.05, 0) is 68.0 Å². The van der Waals surface area contributed by atoms with Crippen molar-refractivity contribution < 1.29 is 14.3 Å². The molecule has 2 aromatic rings. The summed E-state index contributed by atoms with van der Waals surface area (Å²) in [6.45, 7) is 2.15. The van der Waals surface area contributed by atoms with Crippen LogP contribution in [0.25, 0.3) is 0 Å². The Bertz CT molecular complexity index is 1060. The van der Waals surface area contributed by atoms with Gasteiger partial charge in [0.1, 0.15) is 11.3 Å². The Hall–Kier alpha value is -3.40. The maximum atomic E-state index is 13.2. The number of aryl methyl sites for hydroxylation is 1. The number of aromatic nitrogens is 1. The van der Waals surface area contributed by atoms with Crippen molar-refractivity contribution in [3.8, 4) is 11.8 Å². The van der Waals surface area contributed by atoms with Gasteiger partial charge in [-0.3, -0.25) is 14.4 Å². The van der Waals surface area contributed by atoms with Gasteiger partial charge in [0.25, 0.3) is 11.5 Å². The third-order valence-electron chi connectivity index (χ3n) is 5.65. The van der Waals surface area contributed by atoms with Gasteiger partial charge >= 0.3 is 5.97 Å². The van der Waals surface area contributed by atoms with E-state index in [-0.39, 0.29) is 23.5 Å². The zero-order valence-electron chi connectivity index (χ0n) is 18.5. The topological polar surface area (TPSA) is 101 Å². The predicted octanol–water partition coefficient (Wildman–Crippen LogP) is 4.38. The molecule has 3 rings (SSSR count). The second-order valence-corrected chi connectivity index (χ2v) is 7.97. The van der Waals surface area contributed by atoms with Crippen LogP contribution in [-0.4, -0.2) is 16.4 Å². The Labute approximate surface area is 188 Å². The number of benzene rings is 1. The van der Waals surface area contributed by atoms with E-state index < -0.39 is 5.91 Å². The van der Waals surface area contributed by atoms with Crippen LogP contribution < -0.4 is 15.6 Å². The molecule has 0 unspecified atom stereocenters. The molecular weight excluding hydrogens is 406 g/mol. The number of nitrogens with zero attached hydrogens (tertiary/aromatic N) is 2. The first-order valence-electron chi connectivity index (χ1n) is 11.3. The SMILES string of the molecule is CCC(=O)Oc1ccc(NC(=O)c2cc3c(n(CCCC#N)c2=O)CCCCCC3)cc1. The first kappa shape index (κ1) is 23.3. The standard InChI is InChI=1S/C25H29N3O4/c1-2-23(29)32-20-13-11-19(12-14-20)27-24(30)21-17-18-9-5-3-4-6-10-22(18)28(25(21)31)16-8-7-15-26/h11-14,17H,2-10,16H2,1H3,(H,27,30). The van der Waals surface area contributed by atoms with E-state index in [0.29, 0.717) is 30.8 Å². The number of hydrogen-bond acceptors (Lipinski definition) is 5. The Morgan fingerprint density at radius 3 is 2.53 bits per heavy atom. The highest BCUT2D eigenvalue weighted by molar-refractivity contribution is 6.04. The quantitative estimate of drug-likeness (QED) is 0.395. The third kappa shape index (κ3) is 5.85. The van der Waals surface area contributed by atoms with Crippen molar-refractivity contribution in [1.82, 2.24) is 4.57 Å². The second kappa shape index (κ2) is 11.3. The number of esters is 1. The highest BCUT2D eigenvalue weighted by Crippen LogP contribution is 2.22. The van der Waals surface area contributed by atoms with Gasteiger partial charge in [-0.1, -0.05) is 19.8 Å². The van der Waals surface area contributed by atoms with E-state index in [4.69, 9.17) is 10.00 Å². The average Bonchev–Trinajstić information content (AvgIpc) is 2.77. The summed E-state index contributed by atoms with van der Waals surface area (Å²) in [7, 11) is 0. The number of fused-ring (bicyclic) bond motifs is 1. The fourth-order valence-electron chi connectivity index (χ4n) is 3.96. The summed E-state index contributed by atoms with van der Waals surface area (Å²) >= 11 is 0. The number of carbonyl (C=O) groups excluding carboxylic acids is 2. The van der Waals surface area contributed by atoms with Crippen LogP contribution in [0.4, 0.5) is 5.69 Å². The number of pyridine rings is 1. The summed E-state index contributed by atoms with van der Waals surface area (Å²) in [6.07, 6.45) is 7.20. The minimum Gasteiger partial charge on any atom is -0.427 e. The zero-order valence-corrected chi connectivity index (χ0v) is 18.5. The first-order chi connectivity index (χ1) is 15.5. The molecule has 1 N–H and O–H groups in total. The lowest BCUT2D eigenvalue weighted by atomic mass is 9.95. The number of carbonyl (C=O) groups is 2. The van der Waals surface area contributed by atoms with Crippen LogP contribution in [0, 0.1) is 11.3 Å². The molecule has 1 aromatic carbocycles. The molecule has 7 nitrogen and oxygen atoms in total.